The highest BCUT2D eigenvalue weighted by atomic mass is 35.5. The lowest BCUT2D eigenvalue weighted by Gasteiger charge is -2.25. The average molecular weight is 392 g/mol. The van der Waals surface area contributed by atoms with Gasteiger partial charge in [-0.05, 0) is 30.3 Å². The van der Waals surface area contributed by atoms with Gasteiger partial charge in [0.05, 0.1) is 36.6 Å². The van der Waals surface area contributed by atoms with E-state index in [1.165, 1.54) is 24.4 Å². The normalized spacial score (nSPS) is 15.1. The first-order valence-electron chi connectivity index (χ1n) is 8.28. The van der Waals surface area contributed by atoms with Crippen molar-refractivity contribution in [3.05, 3.63) is 46.7 Å². The molecule has 0 unspecified atom stereocenters. The summed E-state index contributed by atoms with van der Waals surface area (Å²) in [7, 11) is 0. The first-order valence-corrected chi connectivity index (χ1v) is 8.66. The Morgan fingerprint density at radius 3 is 2.78 bits per heavy atom. The van der Waals surface area contributed by atoms with Crippen molar-refractivity contribution in [2.24, 2.45) is 5.10 Å². The van der Waals surface area contributed by atoms with Crippen molar-refractivity contribution in [2.75, 3.05) is 32.8 Å². The van der Waals surface area contributed by atoms with Gasteiger partial charge in [-0.1, -0.05) is 11.6 Å². The lowest BCUT2D eigenvalue weighted by molar-refractivity contribution is -0.123. The van der Waals surface area contributed by atoms with E-state index in [1.54, 1.807) is 12.1 Å². The number of aromatic carboxylic acids is 1. The van der Waals surface area contributed by atoms with E-state index in [0.29, 0.717) is 35.3 Å². The van der Waals surface area contributed by atoms with Gasteiger partial charge >= 0.3 is 5.97 Å². The summed E-state index contributed by atoms with van der Waals surface area (Å²) < 4.78 is 10.8. The first-order chi connectivity index (χ1) is 13.0. The van der Waals surface area contributed by atoms with E-state index in [4.69, 9.17) is 25.9 Å². The Kier molecular flexibility index (Phi) is 6.23. The fraction of sp³-hybridized carbons (Fsp3) is 0.278. The number of hydrogen-bond acceptors (Lipinski definition) is 6. The molecule has 27 heavy (non-hydrogen) atoms. The van der Waals surface area contributed by atoms with Crippen molar-refractivity contribution in [1.29, 1.82) is 0 Å². The quantitative estimate of drug-likeness (QED) is 0.577. The van der Waals surface area contributed by atoms with Crippen LogP contribution in [0.1, 0.15) is 16.1 Å². The second-order valence-electron chi connectivity index (χ2n) is 5.88. The summed E-state index contributed by atoms with van der Waals surface area (Å²) in [5.41, 5.74) is 3.02. The van der Waals surface area contributed by atoms with Gasteiger partial charge < -0.3 is 14.3 Å². The molecule has 0 radical (unpaired) electrons. The number of carboxylic acids is 1. The largest absolute Gasteiger partial charge is 0.478 e. The molecule has 142 valence electrons. The monoisotopic (exact) mass is 391 g/mol. The zero-order valence-corrected chi connectivity index (χ0v) is 15.1. The predicted octanol–water partition coefficient (Wildman–Crippen LogP) is 2.08. The molecule has 0 aliphatic carbocycles. The maximum absolute atomic E-state index is 11.9. The number of carbonyl (C=O) groups is 2. The lowest BCUT2D eigenvalue weighted by Crippen LogP contribution is -2.42. The minimum atomic E-state index is -1.05. The molecule has 0 spiro atoms. The van der Waals surface area contributed by atoms with Crippen LogP contribution in [0.2, 0.25) is 5.02 Å². The van der Waals surface area contributed by atoms with Gasteiger partial charge in [0.15, 0.2) is 0 Å². The summed E-state index contributed by atoms with van der Waals surface area (Å²) in [6, 6.07) is 7.67. The number of hydrazone groups is 1. The molecule has 1 saturated heterocycles. The molecule has 1 aliphatic heterocycles. The van der Waals surface area contributed by atoms with E-state index in [9.17, 15) is 9.59 Å². The molecule has 2 heterocycles. The number of carboxylic acid groups (broad SMARTS) is 1. The van der Waals surface area contributed by atoms with E-state index in [2.05, 4.69) is 10.5 Å². The Hall–Kier alpha value is -2.68. The van der Waals surface area contributed by atoms with E-state index in [-0.39, 0.29) is 18.0 Å². The fourth-order valence-corrected chi connectivity index (χ4v) is 2.79. The molecule has 9 heteroatoms. The van der Waals surface area contributed by atoms with Crippen molar-refractivity contribution < 1.29 is 23.8 Å². The van der Waals surface area contributed by atoms with Crippen LogP contribution in [0.5, 0.6) is 0 Å². The van der Waals surface area contributed by atoms with E-state index < -0.39 is 5.97 Å². The lowest BCUT2D eigenvalue weighted by atomic mass is 10.1. The number of hydrogen-bond donors (Lipinski definition) is 2. The highest BCUT2D eigenvalue weighted by molar-refractivity contribution is 6.33. The molecule has 0 saturated carbocycles. The van der Waals surface area contributed by atoms with Gasteiger partial charge in [0.2, 0.25) is 0 Å². The molecule has 1 amide bonds. The number of nitrogens with one attached hydrogen (secondary N) is 1. The number of ether oxygens (including phenoxy) is 1. The summed E-state index contributed by atoms with van der Waals surface area (Å²) in [5, 5.41) is 13.3. The minimum absolute atomic E-state index is 0.108. The van der Waals surface area contributed by atoms with Crippen LogP contribution in [0.4, 0.5) is 0 Å². The Morgan fingerprint density at radius 1 is 1.26 bits per heavy atom. The Balaban J connectivity index is 1.60. The minimum Gasteiger partial charge on any atom is -0.478 e. The van der Waals surface area contributed by atoms with Gasteiger partial charge in [-0.3, -0.25) is 9.69 Å². The number of amides is 1. The first kappa shape index (κ1) is 19.1. The summed E-state index contributed by atoms with van der Waals surface area (Å²) in [6.07, 6.45) is 1.37. The maximum atomic E-state index is 11.9. The molecular formula is C18H18ClN3O5. The third kappa shape index (κ3) is 5.16. The van der Waals surface area contributed by atoms with Gasteiger partial charge in [-0.25, -0.2) is 10.2 Å². The second kappa shape index (κ2) is 8.81. The summed E-state index contributed by atoms with van der Waals surface area (Å²) in [6.45, 7) is 2.93. The molecule has 1 fully saturated rings. The second-order valence-corrected chi connectivity index (χ2v) is 6.29. The molecule has 1 aromatic carbocycles. The Morgan fingerprint density at radius 2 is 2.04 bits per heavy atom. The van der Waals surface area contributed by atoms with Crippen molar-refractivity contribution in [3.8, 4) is 11.3 Å². The number of halogens is 1. The van der Waals surface area contributed by atoms with Crippen LogP contribution < -0.4 is 5.43 Å². The molecule has 2 N–H and O–H groups in total. The molecule has 1 aliphatic rings. The fourth-order valence-electron chi connectivity index (χ4n) is 2.58. The smallest absolute Gasteiger partial charge is 0.335 e. The highest BCUT2D eigenvalue weighted by Gasteiger charge is 2.14. The molecule has 8 nitrogen and oxygen atoms in total. The molecule has 3 rings (SSSR count). The number of furan rings is 1. The zero-order chi connectivity index (χ0) is 19.2. The van der Waals surface area contributed by atoms with Crippen molar-refractivity contribution in [2.45, 2.75) is 0 Å². The zero-order valence-electron chi connectivity index (χ0n) is 14.4. The van der Waals surface area contributed by atoms with Gasteiger partial charge in [-0.2, -0.15) is 5.10 Å². The number of benzene rings is 1. The molecule has 0 bridgehead atoms. The van der Waals surface area contributed by atoms with Crippen LogP contribution in [-0.4, -0.2) is 60.9 Å². The molecule has 1 aromatic heterocycles. The molecule has 2 aromatic rings. The predicted molar refractivity (Wildman–Crippen MR) is 99.1 cm³/mol. The number of rotatable bonds is 6. The van der Waals surface area contributed by atoms with E-state index >= 15 is 0 Å². The SMILES string of the molecule is O=C(CN1CCOCC1)N/N=C\c1ccc(-c2cc(C(=O)O)ccc2Cl)o1. The van der Waals surface area contributed by atoms with Gasteiger partial charge in [0, 0.05) is 18.7 Å². The van der Waals surface area contributed by atoms with Crippen LogP contribution in [-0.2, 0) is 9.53 Å². The molecular weight excluding hydrogens is 374 g/mol. The molecule has 0 atom stereocenters. The van der Waals surface area contributed by atoms with Crippen LogP contribution in [0.15, 0.2) is 39.9 Å². The summed E-state index contributed by atoms with van der Waals surface area (Å²) in [5.74, 6) is -0.473. The van der Waals surface area contributed by atoms with Crippen LogP contribution >= 0.6 is 11.6 Å². The topological polar surface area (TPSA) is 104 Å². The number of morpholine rings is 1. The van der Waals surface area contributed by atoms with E-state index in [0.717, 1.165) is 13.1 Å². The van der Waals surface area contributed by atoms with Gasteiger partial charge in [-0.15, -0.1) is 0 Å². The van der Waals surface area contributed by atoms with Crippen LogP contribution in [0, 0.1) is 0 Å². The van der Waals surface area contributed by atoms with Crippen LogP contribution in [0.25, 0.3) is 11.3 Å². The summed E-state index contributed by atoms with van der Waals surface area (Å²) in [4.78, 5) is 24.9. The van der Waals surface area contributed by atoms with Crippen LogP contribution in [0.3, 0.4) is 0 Å². The van der Waals surface area contributed by atoms with E-state index in [1.807, 2.05) is 4.90 Å². The highest BCUT2D eigenvalue weighted by Crippen LogP contribution is 2.30. The number of nitrogens with zero attached hydrogens (tertiary/aromatic N) is 2. The third-order valence-electron chi connectivity index (χ3n) is 3.96. The van der Waals surface area contributed by atoms with Crippen molar-refractivity contribution in [3.63, 3.8) is 0 Å². The van der Waals surface area contributed by atoms with Gasteiger partial charge in [0.1, 0.15) is 11.5 Å². The van der Waals surface area contributed by atoms with Crippen molar-refractivity contribution in [1.82, 2.24) is 10.3 Å². The third-order valence-corrected chi connectivity index (χ3v) is 4.29. The Labute approximate surface area is 160 Å². The van der Waals surface area contributed by atoms with Gasteiger partial charge in [0.25, 0.3) is 5.91 Å². The number of carbonyl (C=O) groups excluding carboxylic acids is 1. The van der Waals surface area contributed by atoms with Crippen molar-refractivity contribution >= 4 is 29.7 Å². The average Bonchev–Trinajstić information content (AvgIpc) is 3.11. The Bertz CT molecular complexity index is 858. The maximum Gasteiger partial charge on any atom is 0.335 e. The standard InChI is InChI=1S/C18H18ClN3O5/c19-15-3-1-12(18(24)25)9-14(15)16-4-2-13(27-16)10-20-21-17(23)11-22-5-7-26-8-6-22/h1-4,9-10H,5-8,11H2,(H,21,23)(H,24,25)/b20-10-. The summed E-state index contributed by atoms with van der Waals surface area (Å²) >= 11 is 6.13.